The molecule has 0 unspecified atom stereocenters. The average Bonchev–Trinajstić information content (AvgIpc) is 2.45. The molecule has 1 aromatic rings. The highest BCUT2D eigenvalue weighted by atomic mass is 35.5. The van der Waals surface area contributed by atoms with Crippen LogP contribution in [0.4, 0.5) is 5.69 Å². The van der Waals surface area contributed by atoms with E-state index < -0.39 is 0 Å². The monoisotopic (exact) mass is 323 g/mol. The molecule has 2 rings (SSSR count). The van der Waals surface area contributed by atoms with E-state index in [1.807, 2.05) is 18.2 Å². The molecule has 0 aliphatic carbocycles. The lowest BCUT2D eigenvalue weighted by Gasteiger charge is -2.50. The van der Waals surface area contributed by atoms with Gasteiger partial charge >= 0.3 is 0 Å². The van der Waals surface area contributed by atoms with E-state index >= 15 is 0 Å². The van der Waals surface area contributed by atoms with Gasteiger partial charge in [0.25, 0.3) is 5.91 Å². The molecule has 5 heteroatoms. The number of amides is 1. The summed E-state index contributed by atoms with van der Waals surface area (Å²) in [5, 5.41) is 0.737. The molecule has 4 nitrogen and oxygen atoms in total. The largest absolute Gasteiger partial charge is 0.354 e. The van der Waals surface area contributed by atoms with Crippen LogP contribution in [0.3, 0.4) is 0 Å². The molecule has 0 aromatic heterocycles. The van der Waals surface area contributed by atoms with Crippen molar-refractivity contribution in [1.29, 1.82) is 0 Å². The van der Waals surface area contributed by atoms with Gasteiger partial charge in [-0.2, -0.15) is 0 Å². The summed E-state index contributed by atoms with van der Waals surface area (Å²) in [5.74, 6) is 5.69. The number of nitrogens with zero attached hydrogens (tertiary/aromatic N) is 1. The average molecular weight is 324 g/mol. The molecule has 2 atom stereocenters. The van der Waals surface area contributed by atoms with Crippen LogP contribution < -0.4 is 16.2 Å². The number of rotatable bonds is 4. The van der Waals surface area contributed by atoms with Gasteiger partial charge in [-0.15, -0.1) is 0 Å². The van der Waals surface area contributed by atoms with E-state index in [0.29, 0.717) is 5.92 Å². The van der Waals surface area contributed by atoms with E-state index in [2.05, 4.69) is 38.0 Å². The van der Waals surface area contributed by atoms with E-state index in [1.54, 1.807) is 0 Å². The third-order valence-corrected chi connectivity index (χ3v) is 4.79. The zero-order valence-electron chi connectivity index (χ0n) is 13.8. The molecular weight excluding hydrogens is 298 g/mol. The Morgan fingerprint density at radius 1 is 1.55 bits per heavy atom. The molecule has 1 aliphatic heterocycles. The van der Waals surface area contributed by atoms with Crippen molar-refractivity contribution in [2.45, 2.75) is 64.5 Å². The highest BCUT2D eigenvalue weighted by Gasteiger charge is 2.41. The Bertz CT molecular complexity index is 559. The Morgan fingerprint density at radius 2 is 2.23 bits per heavy atom. The van der Waals surface area contributed by atoms with Crippen LogP contribution in [-0.4, -0.2) is 17.5 Å². The predicted octanol–water partition coefficient (Wildman–Crippen LogP) is 3.59. The van der Waals surface area contributed by atoms with Gasteiger partial charge in [0, 0.05) is 16.2 Å². The third kappa shape index (κ3) is 3.08. The van der Waals surface area contributed by atoms with Crippen molar-refractivity contribution in [3.05, 3.63) is 28.8 Å². The Hall–Kier alpha value is -1.26. The summed E-state index contributed by atoms with van der Waals surface area (Å²) in [7, 11) is 0. The van der Waals surface area contributed by atoms with Crippen molar-refractivity contribution < 1.29 is 4.79 Å². The van der Waals surface area contributed by atoms with E-state index in [9.17, 15) is 4.79 Å². The summed E-state index contributed by atoms with van der Waals surface area (Å²) in [6.45, 7) is 8.67. The lowest BCUT2D eigenvalue weighted by atomic mass is 9.78. The van der Waals surface area contributed by atoms with Crippen LogP contribution in [0.1, 0.15) is 58.4 Å². The third-order valence-electron chi connectivity index (χ3n) is 4.56. The zero-order valence-corrected chi connectivity index (χ0v) is 14.6. The van der Waals surface area contributed by atoms with Crippen molar-refractivity contribution in [3.8, 4) is 0 Å². The molecule has 3 N–H and O–H groups in total. The summed E-state index contributed by atoms with van der Waals surface area (Å²) < 4.78 is 0. The first-order valence-corrected chi connectivity index (χ1v) is 8.29. The normalized spacial score (nSPS) is 21.2. The van der Waals surface area contributed by atoms with Gasteiger partial charge in [0.1, 0.15) is 6.04 Å². The van der Waals surface area contributed by atoms with Gasteiger partial charge in [-0.3, -0.25) is 10.2 Å². The fourth-order valence-corrected chi connectivity index (χ4v) is 3.94. The van der Waals surface area contributed by atoms with Crippen LogP contribution in [0.25, 0.3) is 0 Å². The second kappa shape index (κ2) is 6.47. The molecule has 1 heterocycles. The Balaban J connectivity index is 2.56. The maximum Gasteiger partial charge on any atom is 0.256 e. The lowest BCUT2D eigenvalue weighted by Crippen LogP contribution is -2.59. The Kier molecular flexibility index (Phi) is 5.03. The van der Waals surface area contributed by atoms with Crippen LogP contribution >= 0.6 is 11.6 Å². The molecule has 1 aromatic carbocycles. The Labute approximate surface area is 138 Å². The van der Waals surface area contributed by atoms with Gasteiger partial charge < -0.3 is 4.90 Å². The van der Waals surface area contributed by atoms with Crippen LogP contribution in [0.2, 0.25) is 5.02 Å². The summed E-state index contributed by atoms with van der Waals surface area (Å²) in [6.07, 6.45) is 2.66. The van der Waals surface area contributed by atoms with Gasteiger partial charge in [-0.05, 0) is 56.4 Å². The molecule has 1 aliphatic rings. The molecule has 0 bridgehead atoms. The van der Waals surface area contributed by atoms with Crippen LogP contribution in [0.15, 0.2) is 18.2 Å². The first kappa shape index (κ1) is 17.1. The minimum absolute atomic E-state index is 0.118. The number of nitrogens with two attached hydrogens (primary N) is 1. The predicted molar refractivity (Wildman–Crippen MR) is 92.1 cm³/mol. The maximum atomic E-state index is 12.3. The van der Waals surface area contributed by atoms with E-state index in [1.165, 1.54) is 5.56 Å². The number of carbonyl (C=O) groups excluding carboxylic acids is 1. The van der Waals surface area contributed by atoms with Gasteiger partial charge in [0.2, 0.25) is 0 Å². The molecule has 22 heavy (non-hydrogen) atoms. The van der Waals surface area contributed by atoms with E-state index in [-0.39, 0.29) is 17.5 Å². The van der Waals surface area contributed by atoms with Crippen molar-refractivity contribution >= 4 is 23.2 Å². The molecule has 122 valence electrons. The van der Waals surface area contributed by atoms with Crippen molar-refractivity contribution in [1.82, 2.24) is 5.43 Å². The topological polar surface area (TPSA) is 58.4 Å². The van der Waals surface area contributed by atoms with E-state index in [4.69, 9.17) is 17.4 Å². The van der Waals surface area contributed by atoms with Gasteiger partial charge in [-0.25, -0.2) is 5.84 Å². The number of benzene rings is 1. The standard InChI is InChI=1S/C17H26ClN3O/c1-5-6-15(16(22)20-19)21-14-8-7-12(18)9-13(14)11(2)10-17(21,3)4/h7-9,11,15H,5-6,10,19H2,1-4H3,(H,20,22)/t11-,15-/m1/s1. The second-order valence-corrected chi connectivity index (χ2v) is 7.24. The molecule has 1 amide bonds. The molecule has 0 saturated carbocycles. The van der Waals surface area contributed by atoms with Crippen molar-refractivity contribution in [2.75, 3.05) is 4.90 Å². The molecule has 0 fully saturated rings. The maximum absolute atomic E-state index is 12.3. The van der Waals surface area contributed by atoms with Crippen LogP contribution in [0.5, 0.6) is 0 Å². The van der Waals surface area contributed by atoms with Crippen molar-refractivity contribution in [2.24, 2.45) is 5.84 Å². The highest BCUT2D eigenvalue weighted by molar-refractivity contribution is 6.30. The minimum atomic E-state index is -0.266. The molecule has 0 saturated heterocycles. The van der Waals surface area contributed by atoms with Crippen LogP contribution in [-0.2, 0) is 4.79 Å². The quantitative estimate of drug-likeness (QED) is 0.506. The Morgan fingerprint density at radius 3 is 2.82 bits per heavy atom. The molecule has 0 spiro atoms. The number of hydrazine groups is 1. The van der Waals surface area contributed by atoms with Gasteiger partial charge in [0.05, 0.1) is 0 Å². The van der Waals surface area contributed by atoms with E-state index in [0.717, 1.165) is 30.0 Å². The first-order chi connectivity index (χ1) is 10.3. The number of halogens is 1. The number of nitrogens with one attached hydrogen (secondary N) is 1. The number of hydrogen-bond donors (Lipinski definition) is 2. The number of anilines is 1. The summed E-state index contributed by atoms with van der Waals surface area (Å²) in [6, 6.07) is 5.68. The highest BCUT2D eigenvalue weighted by Crippen LogP contribution is 2.45. The number of fused-ring (bicyclic) bond motifs is 1. The molecule has 0 radical (unpaired) electrons. The summed E-state index contributed by atoms with van der Waals surface area (Å²) in [5.41, 5.74) is 4.51. The summed E-state index contributed by atoms with van der Waals surface area (Å²) in [4.78, 5) is 14.6. The van der Waals surface area contributed by atoms with Gasteiger partial charge in [0.15, 0.2) is 0 Å². The van der Waals surface area contributed by atoms with Gasteiger partial charge in [-0.1, -0.05) is 31.9 Å². The first-order valence-electron chi connectivity index (χ1n) is 7.91. The zero-order chi connectivity index (χ0) is 16.5. The smallest absolute Gasteiger partial charge is 0.256 e. The summed E-state index contributed by atoms with van der Waals surface area (Å²) >= 11 is 6.17. The number of hydrogen-bond acceptors (Lipinski definition) is 3. The minimum Gasteiger partial charge on any atom is -0.354 e. The number of carbonyl (C=O) groups is 1. The SMILES string of the molecule is CCC[C@H](C(=O)NN)N1c2ccc(Cl)cc2[C@H](C)CC1(C)C. The second-order valence-electron chi connectivity index (χ2n) is 6.80. The van der Waals surface area contributed by atoms with Crippen molar-refractivity contribution in [3.63, 3.8) is 0 Å². The fourth-order valence-electron chi connectivity index (χ4n) is 3.76. The molecular formula is C17H26ClN3O. The lowest BCUT2D eigenvalue weighted by molar-refractivity contribution is -0.123. The fraction of sp³-hybridized carbons (Fsp3) is 0.588. The van der Waals surface area contributed by atoms with Crippen LogP contribution in [0, 0.1) is 0 Å².